The average molecular weight is 338 g/mol. The Morgan fingerprint density at radius 3 is 2.17 bits per heavy atom. The zero-order valence-corrected chi connectivity index (χ0v) is 14.8. The van der Waals surface area contributed by atoms with Crippen LogP contribution in [-0.2, 0) is 9.53 Å². The first-order valence-electron chi connectivity index (χ1n) is 7.77. The summed E-state index contributed by atoms with van der Waals surface area (Å²) in [5.74, 6) is 0.824. The molecule has 0 bridgehead atoms. The van der Waals surface area contributed by atoms with E-state index in [1.807, 2.05) is 0 Å². The Hall–Kier alpha value is -2.28. The smallest absolute Gasteiger partial charge is 0.251 e. The lowest BCUT2D eigenvalue weighted by molar-refractivity contribution is -0.129. The highest BCUT2D eigenvalue weighted by atomic mass is 16.5. The lowest BCUT2D eigenvalue weighted by Gasteiger charge is -2.21. The van der Waals surface area contributed by atoms with Crippen molar-refractivity contribution in [1.82, 2.24) is 10.2 Å². The van der Waals surface area contributed by atoms with Gasteiger partial charge >= 0.3 is 0 Å². The number of carbonyl (C=O) groups excluding carboxylic acids is 2. The van der Waals surface area contributed by atoms with Gasteiger partial charge in [0.05, 0.1) is 14.2 Å². The van der Waals surface area contributed by atoms with Gasteiger partial charge in [0, 0.05) is 51.9 Å². The number of carbonyl (C=O) groups is 2. The molecule has 0 aliphatic carbocycles. The topological polar surface area (TPSA) is 77.1 Å². The zero-order chi connectivity index (χ0) is 17.9. The molecule has 0 spiro atoms. The Labute approximate surface area is 142 Å². The summed E-state index contributed by atoms with van der Waals surface area (Å²) in [6.07, 6.45) is 0.761. The molecule has 7 nitrogen and oxygen atoms in total. The highest BCUT2D eigenvalue weighted by Crippen LogP contribution is 2.22. The van der Waals surface area contributed by atoms with E-state index in [4.69, 9.17) is 14.2 Å². The summed E-state index contributed by atoms with van der Waals surface area (Å²) < 4.78 is 15.3. The van der Waals surface area contributed by atoms with Crippen molar-refractivity contribution in [3.63, 3.8) is 0 Å². The van der Waals surface area contributed by atoms with E-state index in [2.05, 4.69) is 5.32 Å². The maximum absolute atomic E-state index is 12.2. The first kappa shape index (κ1) is 19.8. The second-order valence-corrected chi connectivity index (χ2v) is 5.21. The van der Waals surface area contributed by atoms with Crippen molar-refractivity contribution in [3.05, 3.63) is 23.8 Å². The molecule has 1 N–H and O–H groups in total. The number of ether oxygens (including phenoxy) is 3. The van der Waals surface area contributed by atoms with Crippen LogP contribution < -0.4 is 14.8 Å². The molecule has 0 aliphatic rings. The second kappa shape index (κ2) is 10.5. The minimum atomic E-state index is -0.243. The second-order valence-electron chi connectivity index (χ2n) is 5.21. The van der Waals surface area contributed by atoms with Crippen LogP contribution in [0.15, 0.2) is 18.2 Å². The SMILES string of the molecule is COCCCN(CCNC(=O)c1cc(OC)cc(OC)c1)C(C)=O. The van der Waals surface area contributed by atoms with Gasteiger partial charge in [-0.05, 0) is 18.6 Å². The minimum absolute atomic E-state index is 0.0246. The van der Waals surface area contributed by atoms with Gasteiger partial charge in [-0.25, -0.2) is 0 Å². The van der Waals surface area contributed by atoms with Crippen LogP contribution in [0.2, 0.25) is 0 Å². The molecule has 0 radical (unpaired) electrons. The average Bonchev–Trinajstić information content (AvgIpc) is 2.59. The number of nitrogens with zero attached hydrogens (tertiary/aromatic N) is 1. The molecule has 2 amide bonds. The number of rotatable bonds is 10. The molecule has 134 valence electrons. The molecule has 1 rings (SSSR count). The van der Waals surface area contributed by atoms with Gasteiger partial charge in [-0.15, -0.1) is 0 Å². The van der Waals surface area contributed by atoms with Crippen molar-refractivity contribution in [2.24, 2.45) is 0 Å². The fourth-order valence-corrected chi connectivity index (χ4v) is 2.17. The van der Waals surface area contributed by atoms with Crippen LogP contribution in [0.3, 0.4) is 0 Å². The summed E-state index contributed by atoms with van der Waals surface area (Å²) in [6.45, 7) is 3.53. The Morgan fingerprint density at radius 2 is 1.67 bits per heavy atom. The first-order chi connectivity index (χ1) is 11.5. The maximum atomic E-state index is 12.2. The normalized spacial score (nSPS) is 10.2. The molecule has 1 aromatic carbocycles. The van der Waals surface area contributed by atoms with Crippen molar-refractivity contribution >= 4 is 11.8 Å². The van der Waals surface area contributed by atoms with Crippen molar-refractivity contribution < 1.29 is 23.8 Å². The van der Waals surface area contributed by atoms with Gasteiger partial charge in [-0.3, -0.25) is 9.59 Å². The van der Waals surface area contributed by atoms with Crippen molar-refractivity contribution in [2.75, 3.05) is 47.6 Å². The summed E-state index contributed by atoms with van der Waals surface area (Å²) in [5, 5.41) is 2.80. The van der Waals surface area contributed by atoms with E-state index < -0.39 is 0 Å². The van der Waals surface area contributed by atoms with E-state index in [-0.39, 0.29) is 11.8 Å². The van der Waals surface area contributed by atoms with Gasteiger partial charge in [-0.1, -0.05) is 0 Å². The Bertz CT molecular complexity index is 526. The molecular weight excluding hydrogens is 312 g/mol. The molecule has 0 saturated carbocycles. The predicted molar refractivity (Wildman–Crippen MR) is 90.6 cm³/mol. The van der Waals surface area contributed by atoms with Gasteiger partial charge < -0.3 is 24.4 Å². The number of benzene rings is 1. The van der Waals surface area contributed by atoms with Gasteiger partial charge in [0.1, 0.15) is 11.5 Å². The molecule has 0 saturated heterocycles. The van der Waals surface area contributed by atoms with Gasteiger partial charge in [0.15, 0.2) is 0 Å². The Kier molecular flexibility index (Phi) is 8.64. The molecule has 24 heavy (non-hydrogen) atoms. The van der Waals surface area contributed by atoms with Crippen LogP contribution in [0.4, 0.5) is 0 Å². The lowest BCUT2D eigenvalue weighted by atomic mass is 10.2. The monoisotopic (exact) mass is 338 g/mol. The highest BCUT2D eigenvalue weighted by molar-refractivity contribution is 5.95. The zero-order valence-electron chi connectivity index (χ0n) is 14.8. The molecule has 0 aromatic heterocycles. The highest BCUT2D eigenvalue weighted by Gasteiger charge is 2.12. The van der Waals surface area contributed by atoms with Crippen LogP contribution in [-0.4, -0.2) is 64.3 Å². The number of nitrogens with one attached hydrogen (secondary N) is 1. The maximum Gasteiger partial charge on any atom is 0.251 e. The first-order valence-corrected chi connectivity index (χ1v) is 7.77. The standard InChI is InChI=1S/C17H26N2O5/c1-13(20)19(7-5-9-22-2)8-6-18-17(21)14-10-15(23-3)12-16(11-14)24-4/h10-12H,5-9H2,1-4H3,(H,18,21). The van der Waals surface area contributed by atoms with Crippen molar-refractivity contribution in [3.8, 4) is 11.5 Å². The van der Waals surface area contributed by atoms with Crippen LogP contribution >= 0.6 is 0 Å². The molecule has 0 unspecified atom stereocenters. The van der Waals surface area contributed by atoms with Crippen LogP contribution in [0, 0.1) is 0 Å². The van der Waals surface area contributed by atoms with E-state index in [1.54, 1.807) is 30.2 Å². The molecule has 0 atom stereocenters. The lowest BCUT2D eigenvalue weighted by Crippen LogP contribution is -2.38. The fraction of sp³-hybridized carbons (Fsp3) is 0.529. The number of amides is 2. The predicted octanol–water partition coefficient (Wildman–Crippen LogP) is 1.32. The van der Waals surface area contributed by atoms with Gasteiger partial charge in [-0.2, -0.15) is 0 Å². The Morgan fingerprint density at radius 1 is 1.04 bits per heavy atom. The van der Waals surface area contributed by atoms with E-state index >= 15 is 0 Å². The third kappa shape index (κ3) is 6.45. The fourth-order valence-electron chi connectivity index (χ4n) is 2.17. The molecule has 0 fully saturated rings. The molecule has 1 aromatic rings. The van der Waals surface area contributed by atoms with E-state index in [0.29, 0.717) is 43.3 Å². The van der Waals surface area contributed by atoms with Crippen LogP contribution in [0.25, 0.3) is 0 Å². The summed E-state index contributed by atoms with van der Waals surface area (Å²) in [5.41, 5.74) is 0.444. The largest absolute Gasteiger partial charge is 0.497 e. The van der Waals surface area contributed by atoms with E-state index in [0.717, 1.165) is 6.42 Å². The summed E-state index contributed by atoms with van der Waals surface area (Å²) in [6, 6.07) is 4.97. The number of hydrogen-bond donors (Lipinski definition) is 1. The summed E-state index contributed by atoms with van der Waals surface area (Å²) in [7, 11) is 4.68. The molecular formula is C17H26N2O5. The summed E-state index contributed by atoms with van der Waals surface area (Å²) >= 11 is 0. The molecule has 0 heterocycles. The molecule has 0 aliphatic heterocycles. The number of methoxy groups -OCH3 is 3. The van der Waals surface area contributed by atoms with Crippen molar-refractivity contribution in [2.45, 2.75) is 13.3 Å². The third-order valence-corrected chi connectivity index (χ3v) is 3.50. The van der Waals surface area contributed by atoms with Crippen LogP contribution in [0.1, 0.15) is 23.7 Å². The van der Waals surface area contributed by atoms with Gasteiger partial charge in [0.2, 0.25) is 5.91 Å². The minimum Gasteiger partial charge on any atom is -0.497 e. The Balaban J connectivity index is 2.57. The van der Waals surface area contributed by atoms with Crippen LogP contribution in [0.5, 0.6) is 11.5 Å². The number of hydrogen-bond acceptors (Lipinski definition) is 5. The summed E-state index contributed by atoms with van der Waals surface area (Å²) in [4.78, 5) is 25.5. The van der Waals surface area contributed by atoms with E-state index in [1.165, 1.54) is 21.1 Å². The molecule has 7 heteroatoms. The third-order valence-electron chi connectivity index (χ3n) is 3.50. The quantitative estimate of drug-likeness (QED) is 0.651. The van der Waals surface area contributed by atoms with Gasteiger partial charge in [0.25, 0.3) is 5.91 Å². The van der Waals surface area contributed by atoms with Crippen molar-refractivity contribution in [1.29, 1.82) is 0 Å². The van der Waals surface area contributed by atoms with E-state index in [9.17, 15) is 9.59 Å².